The highest BCUT2D eigenvalue weighted by atomic mass is 16.4. The SMILES string of the molecule is CCCC1(C(=O)NC(C)(C)CCC(=O)O)CCNC1. The fraction of sp³-hybridized carbons (Fsp3) is 0.857. The molecule has 1 unspecified atom stereocenters. The number of carbonyl (C=O) groups excluding carboxylic acids is 1. The van der Waals surface area contributed by atoms with Crippen molar-refractivity contribution in [2.75, 3.05) is 13.1 Å². The number of carboxylic acids is 1. The molecular weight excluding hydrogens is 244 g/mol. The van der Waals surface area contributed by atoms with Crippen molar-refractivity contribution in [3.8, 4) is 0 Å². The fourth-order valence-electron chi connectivity index (χ4n) is 2.66. The third-order valence-electron chi connectivity index (χ3n) is 3.87. The quantitative estimate of drug-likeness (QED) is 0.655. The van der Waals surface area contributed by atoms with Crippen LogP contribution in [0.3, 0.4) is 0 Å². The molecule has 0 aromatic rings. The van der Waals surface area contributed by atoms with E-state index in [9.17, 15) is 9.59 Å². The number of amides is 1. The van der Waals surface area contributed by atoms with Gasteiger partial charge >= 0.3 is 5.97 Å². The second kappa shape index (κ2) is 6.37. The summed E-state index contributed by atoms with van der Waals surface area (Å²) in [5.41, 5.74) is -0.784. The van der Waals surface area contributed by atoms with Gasteiger partial charge in [-0.1, -0.05) is 13.3 Å². The highest BCUT2D eigenvalue weighted by Crippen LogP contribution is 2.32. The molecule has 19 heavy (non-hydrogen) atoms. The Labute approximate surface area is 115 Å². The third kappa shape index (κ3) is 4.49. The molecule has 3 N–H and O–H groups in total. The van der Waals surface area contributed by atoms with Gasteiger partial charge in [0.15, 0.2) is 0 Å². The lowest BCUT2D eigenvalue weighted by Crippen LogP contribution is -2.51. The molecule has 1 atom stereocenters. The average molecular weight is 270 g/mol. The molecule has 1 aliphatic rings. The van der Waals surface area contributed by atoms with Crippen molar-refractivity contribution in [2.24, 2.45) is 5.41 Å². The Morgan fingerprint density at radius 1 is 1.42 bits per heavy atom. The summed E-state index contributed by atoms with van der Waals surface area (Å²) in [6.45, 7) is 7.46. The molecule has 0 bridgehead atoms. The maximum Gasteiger partial charge on any atom is 0.303 e. The molecule has 1 heterocycles. The van der Waals surface area contributed by atoms with Crippen LogP contribution in [0.15, 0.2) is 0 Å². The first kappa shape index (κ1) is 16.0. The number of carboxylic acid groups (broad SMARTS) is 1. The Kier molecular flexibility index (Phi) is 5.35. The molecule has 0 aliphatic carbocycles. The van der Waals surface area contributed by atoms with Crippen molar-refractivity contribution in [2.45, 2.75) is 58.4 Å². The van der Waals surface area contributed by atoms with E-state index < -0.39 is 11.5 Å². The lowest BCUT2D eigenvalue weighted by molar-refractivity contribution is -0.138. The summed E-state index contributed by atoms with van der Waals surface area (Å²) in [6, 6.07) is 0. The lowest BCUT2D eigenvalue weighted by Gasteiger charge is -2.33. The molecule has 5 nitrogen and oxygen atoms in total. The molecule has 1 saturated heterocycles. The van der Waals surface area contributed by atoms with Gasteiger partial charge in [0.1, 0.15) is 0 Å². The average Bonchev–Trinajstić information content (AvgIpc) is 2.76. The predicted octanol–water partition coefficient (Wildman–Crippen LogP) is 1.53. The van der Waals surface area contributed by atoms with Crippen LogP contribution in [0.2, 0.25) is 0 Å². The number of aliphatic carboxylic acids is 1. The van der Waals surface area contributed by atoms with Crippen LogP contribution in [-0.4, -0.2) is 35.6 Å². The van der Waals surface area contributed by atoms with Gasteiger partial charge in [-0.3, -0.25) is 9.59 Å². The molecule has 0 radical (unpaired) electrons. The van der Waals surface area contributed by atoms with E-state index >= 15 is 0 Å². The first-order valence-corrected chi connectivity index (χ1v) is 7.06. The normalized spacial score (nSPS) is 23.3. The van der Waals surface area contributed by atoms with Crippen molar-refractivity contribution in [3.05, 3.63) is 0 Å². The van der Waals surface area contributed by atoms with E-state index in [4.69, 9.17) is 5.11 Å². The zero-order valence-corrected chi connectivity index (χ0v) is 12.2. The Bertz CT molecular complexity index is 334. The maximum atomic E-state index is 12.5. The van der Waals surface area contributed by atoms with Crippen LogP contribution >= 0.6 is 0 Å². The molecule has 5 heteroatoms. The highest BCUT2D eigenvalue weighted by molar-refractivity contribution is 5.84. The van der Waals surface area contributed by atoms with Gasteiger partial charge in [0.25, 0.3) is 0 Å². The number of hydrogen-bond donors (Lipinski definition) is 3. The number of nitrogens with one attached hydrogen (secondary N) is 2. The Morgan fingerprint density at radius 3 is 2.58 bits per heavy atom. The first-order valence-electron chi connectivity index (χ1n) is 7.06. The molecule has 1 amide bonds. The van der Waals surface area contributed by atoms with Crippen LogP contribution in [0.1, 0.15) is 52.9 Å². The fourth-order valence-corrected chi connectivity index (χ4v) is 2.66. The van der Waals surface area contributed by atoms with Gasteiger partial charge in [0, 0.05) is 18.5 Å². The summed E-state index contributed by atoms with van der Waals surface area (Å²) in [7, 11) is 0. The van der Waals surface area contributed by atoms with E-state index in [2.05, 4.69) is 17.6 Å². The van der Waals surface area contributed by atoms with Crippen molar-refractivity contribution >= 4 is 11.9 Å². The summed E-state index contributed by atoms with van der Waals surface area (Å²) in [5.74, 6) is -0.761. The number of hydrogen-bond acceptors (Lipinski definition) is 3. The predicted molar refractivity (Wildman–Crippen MR) is 73.9 cm³/mol. The van der Waals surface area contributed by atoms with E-state index in [1.54, 1.807) is 0 Å². The molecular formula is C14H26N2O3. The van der Waals surface area contributed by atoms with Crippen molar-refractivity contribution in [1.82, 2.24) is 10.6 Å². The zero-order chi connectivity index (χ0) is 14.5. The van der Waals surface area contributed by atoms with Crippen LogP contribution in [0.5, 0.6) is 0 Å². The van der Waals surface area contributed by atoms with Gasteiger partial charge in [-0.05, 0) is 39.7 Å². The van der Waals surface area contributed by atoms with Crippen molar-refractivity contribution in [3.63, 3.8) is 0 Å². The van der Waals surface area contributed by atoms with E-state index in [1.165, 1.54) is 0 Å². The largest absolute Gasteiger partial charge is 0.481 e. The van der Waals surface area contributed by atoms with E-state index in [1.807, 2.05) is 13.8 Å². The molecule has 1 aliphatic heterocycles. The van der Waals surface area contributed by atoms with Gasteiger partial charge in [0.05, 0.1) is 5.41 Å². The second-order valence-corrected chi connectivity index (χ2v) is 6.19. The minimum Gasteiger partial charge on any atom is -0.481 e. The van der Waals surface area contributed by atoms with E-state index in [0.29, 0.717) is 6.42 Å². The van der Waals surface area contributed by atoms with Crippen LogP contribution in [0.4, 0.5) is 0 Å². The highest BCUT2D eigenvalue weighted by Gasteiger charge is 2.41. The monoisotopic (exact) mass is 270 g/mol. The van der Waals surface area contributed by atoms with Gasteiger partial charge in [-0.25, -0.2) is 0 Å². The minimum absolute atomic E-state index is 0.0646. The summed E-state index contributed by atoms with van der Waals surface area (Å²) >= 11 is 0. The lowest BCUT2D eigenvalue weighted by atomic mass is 9.80. The van der Waals surface area contributed by atoms with Crippen molar-refractivity contribution in [1.29, 1.82) is 0 Å². The van der Waals surface area contributed by atoms with Crippen LogP contribution in [0, 0.1) is 5.41 Å². The van der Waals surface area contributed by atoms with Gasteiger partial charge < -0.3 is 15.7 Å². The van der Waals surface area contributed by atoms with E-state index in [-0.39, 0.29) is 17.7 Å². The summed E-state index contributed by atoms with van der Waals surface area (Å²) < 4.78 is 0. The second-order valence-electron chi connectivity index (χ2n) is 6.19. The summed E-state index contributed by atoms with van der Waals surface area (Å²) in [4.78, 5) is 23.1. The number of carbonyl (C=O) groups is 2. The summed E-state index contributed by atoms with van der Waals surface area (Å²) in [5, 5.41) is 15.0. The molecule has 1 rings (SSSR count). The van der Waals surface area contributed by atoms with Gasteiger partial charge in [-0.2, -0.15) is 0 Å². The molecule has 0 spiro atoms. The minimum atomic E-state index is -0.826. The molecule has 0 aromatic heterocycles. The third-order valence-corrected chi connectivity index (χ3v) is 3.87. The Morgan fingerprint density at radius 2 is 2.11 bits per heavy atom. The Balaban J connectivity index is 2.63. The Hall–Kier alpha value is -1.10. The summed E-state index contributed by atoms with van der Waals surface area (Å²) in [6.07, 6.45) is 3.24. The van der Waals surface area contributed by atoms with Gasteiger partial charge in [-0.15, -0.1) is 0 Å². The zero-order valence-electron chi connectivity index (χ0n) is 12.2. The first-order chi connectivity index (χ1) is 8.81. The molecule has 0 aromatic carbocycles. The smallest absolute Gasteiger partial charge is 0.303 e. The molecule has 0 saturated carbocycles. The van der Waals surface area contributed by atoms with Gasteiger partial charge in [0.2, 0.25) is 5.91 Å². The van der Waals surface area contributed by atoms with E-state index in [0.717, 1.165) is 32.4 Å². The van der Waals surface area contributed by atoms with Crippen LogP contribution in [-0.2, 0) is 9.59 Å². The molecule has 1 fully saturated rings. The van der Waals surface area contributed by atoms with Crippen LogP contribution < -0.4 is 10.6 Å². The van der Waals surface area contributed by atoms with Crippen molar-refractivity contribution < 1.29 is 14.7 Å². The standard InChI is InChI=1S/C14H26N2O3/c1-4-6-14(8-9-15-10-14)12(19)16-13(2,3)7-5-11(17)18/h15H,4-10H2,1-3H3,(H,16,19)(H,17,18). The van der Waals surface area contributed by atoms with Crippen LogP contribution in [0.25, 0.3) is 0 Å². The maximum absolute atomic E-state index is 12.5. The number of rotatable bonds is 7. The molecule has 110 valence electrons. The topological polar surface area (TPSA) is 78.4 Å².